The molecule has 0 spiro atoms. The van der Waals surface area contributed by atoms with Gasteiger partial charge >= 0.3 is 5.97 Å². The van der Waals surface area contributed by atoms with Crippen molar-refractivity contribution in [1.29, 1.82) is 0 Å². The predicted octanol–water partition coefficient (Wildman–Crippen LogP) is 4.73. The first-order valence-corrected chi connectivity index (χ1v) is 9.20. The highest BCUT2D eigenvalue weighted by Crippen LogP contribution is 2.31. The van der Waals surface area contributed by atoms with Crippen molar-refractivity contribution in [2.24, 2.45) is 0 Å². The van der Waals surface area contributed by atoms with Gasteiger partial charge in [-0.2, -0.15) is 0 Å². The maximum atomic E-state index is 12.1. The van der Waals surface area contributed by atoms with E-state index in [2.05, 4.69) is 36.1 Å². The Morgan fingerprint density at radius 1 is 1.13 bits per heavy atom. The van der Waals surface area contributed by atoms with Gasteiger partial charge in [0, 0.05) is 12.2 Å². The van der Waals surface area contributed by atoms with Crippen LogP contribution in [0.4, 0.5) is 5.69 Å². The van der Waals surface area contributed by atoms with Crippen LogP contribution < -0.4 is 4.90 Å². The van der Waals surface area contributed by atoms with E-state index >= 15 is 0 Å². The molecule has 1 aliphatic rings. The molecule has 0 saturated carbocycles. The van der Waals surface area contributed by atoms with Crippen LogP contribution in [0.3, 0.4) is 0 Å². The maximum Gasteiger partial charge on any atom is 0.328 e. The molecule has 23 heavy (non-hydrogen) atoms. The first-order valence-electron chi connectivity index (χ1n) is 9.20. The summed E-state index contributed by atoms with van der Waals surface area (Å²) >= 11 is 0. The lowest BCUT2D eigenvalue weighted by Gasteiger charge is -2.37. The fraction of sp³-hybridized carbons (Fsp3) is 0.650. The molecule has 1 aromatic rings. The van der Waals surface area contributed by atoms with Gasteiger partial charge in [0.15, 0.2) is 0 Å². The number of fused-ring (bicyclic) bond motifs is 1. The molecule has 1 aromatic carbocycles. The Balaban J connectivity index is 1.90. The number of hydrogen-bond acceptors (Lipinski definition) is 3. The maximum absolute atomic E-state index is 12.1. The van der Waals surface area contributed by atoms with E-state index in [1.807, 2.05) is 0 Å². The van der Waals surface area contributed by atoms with E-state index in [9.17, 15) is 4.79 Å². The van der Waals surface area contributed by atoms with Crippen molar-refractivity contribution in [3.05, 3.63) is 29.8 Å². The lowest BCUT2D eigenvalue weighted by molar-refractivity contribution is -0.142. The number of anilines is 1. The van der Waals surface area contributed by atoms with Gasteiger partial charge in [-0.1, -0.05) is 63.6 Å². The number of para-hydroxylation sites is 1. The Morgan fingerprint density at radius 2 is 1.83 bits per heavy atom. The summed E-state index contributed by atoms with van der Waals surface area (Å²) in [6.07, 6.45) is 10.9. The van der Waals surface area contributed by atoms with Gasteiger partial charge in [0.25, 0.3) is 0 Å². The Labute approximate surface area is 141 Å². The van der Waals surface area contributed by atoms with Gasteiger partial charge < -0.3 is 9.64 Å². The van der Waals surface area contributed by atoms with Crippen molar-refractivity contribution >= 4 is 11.7 Å². The van der Waals surface area contributed by atoms with Crippen LogP contribution in [-0.2, 0) is 16.0 Å². The van der Waals surface area contributed by atoms with E-state index < -0.39 is 0 Å². The third-order valence-electron chi connectivity index (χ3n) is 4.84. The highest BCUT2D eigenvalue weighted by Gasteiger charge is 2.31. The smallest absolute Gasteiger partial charge is 0.328 e. The molecular formula is C20H31NO2. The van der Waals surface area contributed by atoms with Crippen LogP contribution in [0, 0.1) is 0 Å². The van der Waals surface area contributed by atoms with Crippen molar-refractivity contribution in [2.75, 3.05) is 18.6 Å². The third-order valence-corrected chi connectivity index (χ3v) is 4.84. The van der Waals surface area contributed by atoms with Crippen LogP contribution >= 0.6 is 0 Å². The third kappa shape index (κ3) is 4.98. The van der Waals surface area contributed by atoms with Gasteiger partial charge in [-0.3, -0.25) is 0 Å². The van der Waals surface area contributed by atoms with E-state index in [0.717, 1.165) is 25.8 Å². The molecule has 0 aromatic heterocycles. The second-order valence-electron chi connectivity index (χ2n) is 6.52. The van der Waals surface area contributed by atoms with E-state index in [-0.39, 0.29) is 12.0 Å². The molecule has 0 amide bonds. The Morgan fingerprint density at radius 3 is 2.57 bits per heavy atom. The summed E-state index contributed by atoms with van der Waals surface area (Å²) in [6.45, 7) is 3.20. The second kappa shape index (κ2) is 9.59. The number of methoxy groups -OCH3 is 1. The average molecular weight is 317 g/mol. The molecule has 3 nitrogen and oxygen atoms in total. The number of ether oxygens (including phenoxy) is 1. The second-order valence-corrected chi connectivity index (χ2v) is 6.52. The van der Waals surface area contributed by atoms with E-state index in [1.165, 1.54) is 56.9 Å². The monoisotopic (exact) mass is 317 g/mol. The lowest BCUT2D eigenvalue weighted by Crippen LogP contribution is -2.45. The molecule has 0 fully saturated rings. The first kappa shape index (κ1) is 17.8. The summed E-state index contributed by atoms with van der Waals surface area (Å²) in [5.74, 6) is -0.0950. The quantitative estimate of drug-likeness (QED) is 0.487. The number of benzene rings is 1. The molecule has 128 valence electrons. The molecule has 0 aliphatic carbocycles. The van der Waals surface area contributed by atoms with Crippen LogP contribution in [0.25, 0.3) is 0 Å². The summed E-state index contributed by atoms with van der Waals surface area (Å²) in [5, 5.41) is 0. The highest BCUT2D eigenvalue weighted by atomic mass is 16.5. The molecule has 1 atom stereocenters. The average Bonchev–Trinajstić information content (AvgIpc) is 2.60. The van der Waals surface area contributed by atoms with Crippen molar-refractivity contribution < 1.29 is 9.53 Å². The zero-order chi connectivity index (χ0) is 16.5. The van der Waals surface area contributed by atoms with E-state index in [1.54, 1.807) is 0 Å². The van der Waals surface area contributed by atoms with Gasteiger partial charge in [0.05, 0.1) is 7.11 Å². The van der Waals surface area contributed by atoms with Crippen LogP contribution in [0.2, 0.25) is 0 Å². The molecule has 0 bridgehead atoms. The number of unbranched alkanes of at least 4 members (excludes halogenated alkanes) is 6. The minimum atomic E-state index is -0.116. The van der Waals surface area contributed by atoms with Gasteiger partial charge in [0.2, 0.25) is 0 Å². The number of rotatable bonds is 9. The minimum absolute atomic E-state index is 0.0950. The summed E-state index contributed by atoms with van der Waals surface area (Å²) < 4.78 is 5.03. The predicted molar refractivity (Wildman–Crippen MR) is 95.9 cm³/mol. The molecule has 1 aliphatic heterocycles. The fourth-order valence-electron chi connectivity index (χ4n) is 3.52. The number of aryl methyl sites for hydroxylation is 1. The van der Waals surface area contributed by atoms with Crippen molar-refractivity contribution in [3.63, 3.8) is 0 Å². The Hall–Kier alpha value is -1.51. The van der Waals surface area contributed by atoms with E-state index in [0.29, 0.717) is 0 Å². The van der Waals surface area contributed by atoms with Crippen LogP contribution in [-0.4, -0.2) is 25.7 Å². The van der Waals surface area contributed by atoms with Gasteiger partial charge in [-0.15, -0.1) is 0 Å². The standard InChI is InChI=1S/C20H31NO2/c1-3-4-5-6-7-8-11-16-21-18-13-10-9-12-17(18)14-15-19(21)20(22)23-2/h9-10,12-13,19H,3-8,11,14-16H2,1-2H3. The number of carbonyl (C=O) groups excluding carboxylic acids is 1. The summed E-state index contributed by atoms with van der Waals surface area (Å²) in [7, 11) is 1.49. The molecule has 0 saturated heterocycles. The molecule has 3 heteroatoms. The van der Waals surface area contributed by atoms with Crippen LogP contribution in [0.5, 0.6) is 0 Å². The topological polar surface area (TPSA) is 29.5 Å². The molecule has 1 unspecified atom stereocenters. The van der Waals surface area contributed by atoms with Gasteiger partial charge in [-0.25, -0.2) is 4.79 Å². The summed E-state index contributed by atoms with van der Waals surface area (Å²) in [5.41, 5.74) is 2.58. The number of esters is 1. The fourth-order valence-corrected chi connectivity index (χ4v) is 3.52. The largest absolute Gasteiger partial charge is 0.467 e. The molecular weight excluding hydrogens is 286 g/mol. The highest BCUT2D eigenvalue weighted by molar-refractivity contribution is 5.81. The zero-order valence-electron chi connectivity index (χ0n) is 14.7. The molecule has 1 heterocycles. The lowest BCUT2D eigenvalue weighted by atomic mass is 9.95. The molecule has 0 N–H and O–H groups in total. The number of hydrogen-bond donors (Lipinski definition) is 0. The van der Waals surface area contributed by atoms with Gasteiger partial charge in [-0.05, 0) is 30.9 Å². The van der Waals surface area contributed by atoms with Crippen molar-refractivity contribution in [1.82, 2.24) is 0 Å². The number of carbonyl (C=O) groups is 1. The van der Waals surface area contributed by atoms with Crippen LogP contribution in [0.1, 0.15) is 63.9 Å². The molecule has 0 radical (unpaired) electrons. The van der Waals surface area contributed by atoms with E-state index in [4.69, 9.17) is 4.74 Å². The zero-order valence-corrected chi connectivity index (χ0v) is 14.7. The van der Waals surface area contributed by atoms with Crippen LogP contribution in [0.15, 0.2) is 24.3 Å². The first-order chi connectivity index (χ1) is 11.3. The SMILES string of the molecule is CCCCCCCCCN1c2ccccc2CCC1C(=O)OC. The Kier molecular flexibility index (Phi) is 7.44. The normalized spacial score (nSPS) is 17.0. The number of nitrogens with zero attached hydrogens (tertiary/aromatic N) is 1. The van der Waals surface area contributed by atoms with Crippen molar-refractivity contribution in [2.45, 2.75) is 70.8 Å². The van der Waals surface area contributed by atoms with Crippen molar-refractivity contribution in [3.8, 4) is 0 Å². The Bertz CT molecular complexity index is 486. The summed E-state index contributed by atoms with van der Waals surface area (Å²) in [6, 6.07) is 8.36. The summed E-state index contributed by atoms with van der Waals surface area (Å²) in [4.78, 5) is 14.4. The van der Waals surface area contributed by atoms with Gasteiger partial charge in [0.1, 0.15) is 6.04 Å². The minimum Gasteiger partial charge on any atom is -0.467 e. The molecule has 2 rings (SSSR count).